The molecule has 0 unspecified atom stereocenters. The van der Waals surface area contributed by atoms with E-state index in [1.807, 2.05) is 24.8 Å². The van der Waals surface area contributed by atoms with Gasteiger partial charge in [0, 0.05) is 22.3 Å². The second kappa shape index (κ2) is 9.36. The Balaban J connectivity index is 1.24. The fraction of sp³-hybridized carbons (Fsp3) is 0. The topological polar surface area (TPSA) is 77.3 Å². The van der Waals surface area contributed by atoms with Gasteiger partial charge >= 0.3 is 0 Å². The van der Waals surface area contributed by atoms with Crippen molar-refractivity contribution in [2.75, 3.05) is 0 Å². The van der Waals surface area contributed by atoms with Crippen LogP contribution in [0.5, 0.6) is 0 Å². The smallest absolute Gasteiger partial charge is 0.0608 e. The minimum Gasteiger partial charge on any atom is -0.138 e. The summed E-state index contributed by atoms with van der Waals surface area (Å²) < 4.78 is 0. The Morgan fingerprint density at radius 2 is 0.680 bits per heavy atom. The van der Waals surface area contributed by atoms with Crippen molar-refractivity contribution in [2.24, 2.45) is 0 Å². The number of aromatic nitrogens is 6. The van der Waals surface area contributed by atoms with Gasteiger partial charge in [-0.15, -0.1) is 20.4 Å². The first-order valence-electron chi connectivity index (χ1n) is 16.7. The van der Waals surface area contributed by atoms with Crippen LogP contribution >= 0.6 is 0 Å². The van der Waals surface area contributed by atoms with Gasteiger partial charge in [0.05, 0.1) is 24.8 Å². The normalized spacial score (nSPS) is 12.4. The molecule has 0 saturated carbocycles. The summed E-state index contributed by atoms with van der Waals surface area (Å²) in [6, 6.07) is 40.4. The van der Waals surface area contributed by atoms with Gasteiger partial charge < -0.3 is 0 Å². The van der Waals surface area contributed by atoms with Crippen LogP contribution in [0.4, 0.5) is 0 Å². The molecule has 2 aromatic heterocycles. The molecule has 2 heterocycles. The molecule has 6 nitrogen and oxygen atoms in total. The molecule has 2 aliphatic rings. The first-order valence-corrected chi connectivity index (χ1v) is 16.7. The fourth-order valence-electron chi connectivity index (χ4n) is 9.04. The molecule has 12 rings (SSSR count). The van der Waals surface area contributed by atoms with Crippen LogP contribution in [0.2, 0.25) is 0 Å². The molecule has 6 heteroatoms. The van der Waals surface area contributed by atoms with E-state index in [0.29, 0.717) is 0 Å². The zero-order valence-electron chi connectivity index (χ0n) is 26.4. The largest absolute Gasteiger partial charge is 0.138 e. The van der Waals surface area contributed by atoms with Gasteiger partial charge in [-0.1, -0.05) is 97.1 Å². The average Bonchev–Trinajstić information content (AvgIpc) is 3.68. The number of fused-ring (bicyclic) bond motifs is 11. The van der Waals surface area contributed by atoms with Crippen molar-refractivity contribution in [1.82, 2.24) is 30.8 Å². The summed E-state index contributed by atoms with van der Waals surface area (Å²) in [4.78, 5) is 0. The van der Waals surface area contributed by atoms with E-state index in [9.17, 15) is 0 Å². The molecule has 0 fully saturated rings. The molecule has 0 atom stereocenters. The monoisotopic (exact) mass is 634 g/mol. The number of benzene rings is 8. The molecule has 2 aliphatic carbocycles. The highest BCUT2D eigenvalue weighted by molar-refractivity contribution is 6.30. The molecule has 228 valence electrons. The lowest BCUT2D eigenvalue weighted by molar-refractivity contribution is 0.867. The van der Waals surface area contributed by atoms with E-state index in [4.69, 9.17) is 0 Å². The Bertz CT molecular complexity index is 2910. The Kier molecular flexibility index (Phi) is 4.89. The lowest BCUT2D eigenvalue weighted by atomic mass is 9.84. The van der Waals surface area contributed by atoms with Gasteiger partial charge in [-0.2, -0.15) is 0 Å². The molecule has 0 saturated heterocycles. The van der Waals surface area contributed by atoms with E-state index in [1.54, 1.807) is 0 Å². The molecule has 8 aromatic carbocycles. The molecule has 0 aliphatic heterocycles. The van der Waals surface area contributed by atoms with Crippen LogP contribution in [0, 0.1) is 0 Å². The van der Waals surface area contributed by atoms with E-state index in [2.05, 4.69) is 140 Å². The standard InChI is InChI=1S/C44H22N6/c1-5-23-7-3-11-33-39(23)29(9-1)37-17-35-27-13-16-32-36(28(27)14-15-31(35)41(43(33)37)25-19-45-49-46-20-25)18-38-30-10-2-6-24-8-4-12-34(40(24)30)44(38)42(32)26-21-47-50-48-22-26/h1-22H. The second-order valence-electron chi connectivity index (χ2n) is 13.3. The third kappa shape index (κ3) is 3.22. The number of nitrogens with zero attached hydrogens (tertiary/aromatic N) is 6. The highest BCUT2D eigenvalue weighted by Crippen LogP contribution is 2.56. The Labute approximate surface area is 284 Å². The maximum absolute atomic E-state index is 4.22. The lowest BCUT2D eigenvalue weighted by Gasteiger charge is -2.18. The summed E-state index contributed by atoms with van der Waals surface area (Å²) in [5.74, 6) is 0. The Morgan fingerprint density at radius 1 is 0.300 bits per heavy atom. The van der Waals surface area contributed by atoms with E-state index in [1.165, 1.54) is 87.6 Å². The zero-order valence-corrected chi connectivity index (χ0v) is 26.4. The van der Waals surface area contributed by atoms with Crippen LogP contribution < -0.4 is 0 Å². The molecule has 0 radical (unpaired) electrons. The van der Waals surface area contributed by atoms with Crippen LogP contribution in [0.1, 0.15) is 0 Å². The van der Waals surface area contributed by atoms with Crippen molar-refractivity contribution in [1.29, 1.82) is 0 Å². The van der Waals surface area contributed by atoms with Crippen molar-refractivity contribution in [3.8, 4) is 66.8 Å². The first kappa shape index (κ1) is 26.1. The molecule has 0 bridgehead atoms. The number of rotatable bonds is 2. The predicted molar refractivity (Wildman–Crippen MR) is 200 cm³/mol. The number of hydrogen-bond donors (Lipinski definition) is 0. The summed E-state index contributed by atoms with van der Waals surface area (Å²) in [5.41, 5.74) is 14.1. The van der Waals surface area contributed by atoms with E-state index >= 15 is 0 Å². The van der Waals surface area contributed by atoms with E-state index < -0.39 is 0 Å². The van der Waals surface area contributed by atoms with Gasteiger partial charge in [0.1, 0.15) is 0 Å². The summed E-state index contributed by atoms with van der Waals surface area (Å²) in [6.45, 7) is 0. The lowest BCUT2D eigenvalue weighted by Crippen LogP contribution is -1.94. The van der Waals surface area contributed by atoms with Crippen LogP contribution in [0.25, 0.3) is 121 Å². The minimum absolute atomic E-state index is 0.954. The average molecular weight is 635 g/mol. The maximum atomic E-state index is 4.22. The van der Waals surface area contributed by atoms with Crippen molar-refractivity contribution < 1.29 is 0 Å². The van der Waals surface area contributed by atoms with Crippen LogP contribution in [0.3, 0.4) is 0 Å². The Morgan fingerprint density at radius 3 is 1.10 bits per heavy atom. The van der Waals surface area contributed by atoms with E-state index in [0.717, 1.165) is 33.0 Å². The maximum Gasteiger partial charge on any atom is 0.0608 e. The van der Waals surface area contributed by atoms with Gasteiger partial charge in [-0.25, -0.2) is 0 Å². The van der Waals surface area contributed by atoms with Gasteiger partial charge in [0.25, 0.3) is 0 Å². The summed E-state index contributed by atoms with van der Waals surface area (Å²) in [6.07, 6.45) is 7.33. The molecular weight excluding hydrogens is 613 g/mol. The molecule has 0 amide bonds. The molecule has 10 aromatic rings. The van der Waals surface area contributed by atoms with Crippen LogP contribution in [-0.4, -0.2) is 30.8 Å². The number of hydrogen-bond acceptors (Lipinski definition) is 6. The Hall–Kier alpha value is -6.92. The second-order valence-corrected chi connectivity index (χ2v) is 13.3. The van der Waals surface area contributed by atoms with Gasteiger partial charge in [-0.05, 0) is 121 Å². The highest BCUT2D eigenvalue weighted by atomic mass is 15.3. The third-order valence-corrected chi connectivity index (χ3v) is 10.9. The third-order valence-electron chi connectivity index (χ3n) is 10.9. The van der Waals surface area contributed by atoms with Crippen LogP contribution in [-0.2, 0) is 0 Å². The fourth-order valence-corrected chi connectivity index (χ4v) is 9.04. The predicted octanol–water partition coefficient (Wildman–Crippen LogP) is 10.5. The molecule has 0 N–H and O–H groups in total. The van der Waals surface area contributed by atoms with Gasteiger partial charge in [0.15, 0.2) is 0 Å². The van der Waals surface area contributed by atoms with Crippen molar-refractivity contribution in [3.63, 3.8) is 0 Å². The van der Waals surface area contributed by atoms with E-state index in [-0.39, 0.29) is 0 Å². The first-order chi connectivity index (χ1) is 24.8. The van der Waals surface area contributed by atoms with Gasteiger partial charge in [-0.3, -0.25) is 0 Å². The zero-order chi connectivity index (χ0) is 32.5. The summed E-state index contributed by atoms with van der Waals surface area (Å²) >= 11 is 0. The van der Waals surface area contributed by atoms with Crippen molar-refractivity contribution in [2.45, 2.75) is 0 Å². The SMILES string of the molecule is c1cc2c3c(cccc3c1)-c1c-2cc2c(ccc3c4cc5c(c(-c6cnnnc6)c4ccc23)-c2cccc3cccc-5c23)c1-c1cnnnc1. The molecule has 50 heavy (non-hydrogen) atoms. The van der Waals surface area contributed by atoms with Crippen LogP contribution in [0.15, 0.2) is 134 Å². The summed E-state index contributed by atoms with van der Waals surface area (Å²) in [5, 5.41) is 36.8. The minimum atomic E-state index is 0.954. The quantitative estimate of drug-likeness (QED) is 0.176. The highest BCUT2D eigenvalue weighted by Gasteiger charge is 2.29. The summed E-state index contributed by atoms with van der Waals surface area (Å²) in [7, 11) is 0. The van der Waals surface area contributed by atoms with Crippen molar-refractivity contribution >= 4 is 53.9 Å². The van der Waals surface area contributed by atoms with Crippen molar-refractivity contribution in [3.05, 3.63) is 134 Å². The molecule has 0 spiro atoms. The van der Waals surface area contributed by atoms with Gasteiger partial charge in [0.2, 0.25) is 0 Å². The molecular formula is C44H22N6.